The molecule has 0 aliphatic carbocycles. The van der Waals surface area contributed by atoms with E-state index in [4.69, 9.17) is 15.2 Å². The van der Waals surface area contributed by atoms with Crippen LogP contribution in [0.25, 0.3) is 0 Å². The van der Waals surface area contributed by atoms with Crippen molar-refractivity contribution in [1.29, 1.82) is 0 Å². The molecule has 0 saturated heterocycles. The zero-order chi connectivity index (χ0) is 7.28. The lowest BCUT2D eigenvalue weighted by Gasteiger charge is -2.18. The molecule has 2 N–H and O–H groups in total. The first-order valence-electron chi connectivity index (χ1n) is 2.68. The van der Waals surface area contributed by atoms with Crippen molar-refractivity contribution >= 4 is 12.6 Å². The molecule has 9 heavy (non-hydrogen) atoms. The SMILES string of the molecule is COC(OC)C(N)CS. The van der Waals surface area contributed by atoms with Crippen LogP contribution >= 0.6 is 12.6 Å². The summed E-state index contributed by atoms with van der Waals surface area (Å²) in [6.07, 6.45) is -0.331. The van der Waals surface area contributed by atoms with Gasteiger partial charge in [0.1, 0.15) is 0 Å². The van der Waals surface area contributed by atoms with Crippen molar-refractivity contribution < 1.29 is 9.47 Å². The lowest BCUT2D eigenvalue weighted by molar-refractivity contribution is -0.112. The van der Waals surface area contributed by atoms with Crippen molar-refractivity contribution in [2.24, 2.45) is 5.73 Å². The molecule has 0 aromatic carbocycles. The zero-order valence-electron chi connectivity index (χ0n) is 5.70. The van der Waals surface area contributed by atoms with Crippen LogP contribution < -0.4 is 5.73 Å². The molecule has 0 spiro atoms. The number of thiol groups is 1. The monoisotopic (exact) mass is 151 g/mol. The number of ether oxygens (including phenoxy) is 2. The van der Waals surface area contributed by atoms with Gasteiger partial charge >= 0.3 is 0 Å². The zero-order valence-corrected chi connectivity index (χ0v) is 6.60. The van der Waals surface area contributed by atoms with Crippen molar-refractivity contribution in [3.63, 3.8) is 0 Å². The van der Waals surface area contributed by atoms with Crippen molar-refractivity contribution in [3.8, 4) is 0 Å². The van der Waals surface area contributed by atoms with Crippen LogP contribution in [0.2, 0.25) is 0 Å². The molecule has 56 valence electrons. The summed E-state index contributed by atoms with van der Waals surface area (Å²) in [5.74, 6) is 0.562. The third kappa shape index (κ3) is 3.05. The predicted molar refractivity (Wildman–Crippen MR) is 39.6 cm³/mol. The lowest BCUT2D eigenvalue weighted by atomic mass is 10.3. The second-order valence-corrected chi connectivity index (χ2v) is 2.05. The maximum absolute atomic E-state index is 5.51. The minimum Gasteiger partial charge on any atom is -0.354 e. The average molecular weight is 151 g/mol. The summed E-state index contributed by atoms with van der Waals surface area (Å²) in [4.78, 5) is 0. The van der Waals surface area contributed by atoms with E-state index in [0.29, 0.717) is 5.75 Å². The van der Waals surface area contributed by atoms with Crippen LogP contribution in [0, 0.1) is 0 Å². The van der Waals surface area contributed by atoms with Crippen LogP contribution in [0.1, 0.15) is 0 Å². The van der Waals surface area contributed by atoms with Crippen molar-refractivity contribution in [2.45, 2.75) is 12.3 Å². The van der Waals surface area contributed by atoms with E-state index in [-0.39, 0.29) is 12.3 Å². The Hall–Kier alpha value is 0.230. The number of hydrogen-bond acceptors (Lipinski definition) is 4. The molecule has 1 atom stereocenters. The molecule has 0 bridgehead atoms. The van der Waals surface area contributed by atoms with Crippen LogP contribution in [-0.2, 0) is 9.47 Å². The number of nitrogens with two attached hydrogens (primary N) is 1. The summed E-state index contributed by atoms with van der Waals surface area (Å²) in [6, 6.07) is -0.150. The summed E-state index contributed by atoms with van der Waals surface area (Å²) in [7, 11) is 3.11. The molecule has 0 rings (SSSR count). The predicted octanol–water partition coefficient (Wildman–Crippen LogP) is -0.138. The van der Waals surface area contributed by atoms with Crippen LogP contribution in [0.4, 0.5) is 0 Å². The standard InChI is InChI=1S/C5H13NO2S/c1-7-5(8-2)4(6)3-9/h4-5,9H,3,6H2,1-2H3. The van der Waals surface area contributed by atoms with Gasteiger partial charge in [0.2, 0.25) is 0 Å². The Labute approximate surface area is 60.9 Å². The number of methoxy groups -OCH3 is 2. The molecule has 0 saturated carbocycles. The van der Waals surface area contributed by atoms with Crippen LogP contribution in [0.3, 0.4) is 0 Å². The average Bonchev–Trinajstić information content (AvgIpc) is 1.90. The second kappa shape index (κ2) is 5.05. The van der Waals surface area contributed by atoms with Crippen LogP contribution in [0.5, 0.6) is 0 Å². The van der Waals surface area contributed by atoms with Gasteiger partial charge in [-0.25, -0.2) is 0 Å². The Morgan fingerprint density at radius 2 is 1.89 bits per heavy atom. The van der Waals surface area contributed by atoms with Gasteiger partial charge in [0.25, 0.3) is 0 Å². The highest BCUT2D eigenvalue weighted by Gasteiger charge is 2.13. The minimum atomic E-state index is -0.331. The fraction of sp³-hybridized carbons (Fsp3) is 1.00. The van der Waals surface area contributed by atoms with Gasteiger partial charge in [-0.15, -0.1) is 0 Å². The van der Waals surface area contributed by atoms with E-state index in [0.717, 1.165) is 0 Å². The van der Waals surface area contributed by atoms with E-state index in [2.05, 4.69) is 12.6 Å². The van der Waals surface area contributed by atoms with Crippen molar-refractivity contribution in [2.75, 3.05) is 20.0 Å². The normalized spacial score (nSPS) is 14.3. The maximum atomic E-state index is 5.51. The van der Waals surface area contributed by atoms with Crippen molar-refractivity contribution in [1.82, 2.24) is 0 Å². The highest BCUT2D eigenvalue weighted by Crippen LogP contribution is 1.97. The lowest BCUT2D eigenvalue weighted by Crippen LogP contribution is -2.38. The van der Waals surface area contributed by atoms with Gasteiger partial charge in [-0.2, -0.15) is 12.6 Å². The fourth-order valence-corrected chi connectivity index (χ4v) is 0.704. The summed E-state index contributed by atoms with van der Waals surface area (Å²) in [5.41, 5.74) is 5.51. The first-order chi connectivity index (χ1) is 4.26. The van der Waals surface area contributed by atoms with Crippen molar-refractivity contribution in [3.05, 3.63) is 0 Å². The Balaban J connectivity index is 3.50. The highest BCUT2D eigenvalue weighted by atomic mass is 32.1. The van der Waals surface area contributed by atoms with E-state index in [1.807, 2.05) is 0 Å². The van der Waals surface area contributed by atoms with Crippen LogP contribution in [0.15, 0.2) is 0 Å². The molecule has 0 aromatic heterocycles. The summed E-state index contributed by atoms with van der Waals surface area (Å²) < 4.78 is 9.71. The van der Waals surface area contributed by atoms with Gasteiger partial charge < -0.3 is 15.2 Å². The van der Waals surface area contributed by atoms with E-state index < -0.39 is 0 Å². The van der Waals surface area contributed by atoms with Gasteiger partial charge in [0.05, 0.1) is 6.04 Å². The first-order valence-corrected chi connectivity index (χ1v) is 3.31. The molecule has 3 nitrogen and oxygen atoms in total. The molecule has 0 aliphatic rings. The van der Waals surface area contributed by atoms with Gasteiger partial charge in [-0.1, -0.05) is 0 Å². The van der Waals surface area contributed by atoms with Gasteiger partial charge in [-0.3, -0.25) is 0 Å². The van der Waals surface area contributed by atoms with Crippen LogP contribution in [-0.4, -0.2) is 32.3 Å². The number of rotatable bonds is 4. The Morgan fingerprint density at radius 1 is 1.44 bits per heavy atom. The minimum absolute atomic E-state index is 0.150. The molecule has 0 heterocycles. The summed E-state index contributed by atoms with van der Waals surface area (Å²) in [6.45, 7) is 0. The largest absolute Gasteiger partial charge is 0.354 e. The molecular formula is C5H13NO2S. The van der Waals surface area contributed by atoms with Gasteiger partial charge in [-0.05, 0) is 0 Å². The molecule has 0 amide bonds. The highest BCUT2D eigenvalue weighted by molar-refractivity contribution is 7.80. The maximum Gasteiger partial charge on any atom is 0.172 e. The first kappa shape index (κ1) is 9.23. The topological polar surface area (TPSA) is 44.5 Å². The Kier molecular flexibility index (Phi) is 5.18. The second-order valence-electron chi connectivity index (χ2n) is 1.69. The quantitative estimate of drug-likeness (QED) is 0.434. The third-order valence-electron chi connectivity index (χ3n) is 1.03. The van der Waals surface area contributed by atoms with Gasteiger partial charge in [0.15, 0.2) is 6.29 Å². The van der Waals surface area contributed by atoms with E-state index >= 15 is 0 Å². The molecule has 0 radical (unpaired) electrons. The fourth-order valence-electron chi connectivity index (χ4n) is 0.532. The van der Waals surface area contributed by atoms with E-state index in [9.17, 15) is 0 Å². The molecule has 1 unspecified atom stereocenters. The summed E-state index contributed by atoms with van der Waals surface area (Å²) >= 11 is 3.98. The Morgan fingerprint density at radius 3 is 2.00 bits per heavy atom. The molecule has 0 fully saturated rings. The molecular weight excluding hydrogens is 138 g/mol. The van der Waals surface area contributed by atoms with E-state index in [1.165, 1.54) is 0 Å². The molecule has 0 aromatic rings. The Bertz CT molecular complexity index is 68.0. The third-order valence-corrected chi connectivity index (χ3v) is 1.45. The van der Waals surface area contributed by atoms with Gasteiger partial charge in [0, 0.05) is 20.0 Å². The molecule has 0 aliphatic heterocycles. The smallest absolute Gasteiger partial charge is 0.172 e. The molecule has 4 heteroatoms. The number of hydrogen-bond donors (Lipinski definition) is 2. The summed E-state index contributed by atoms with van der Waals surface area (Å²) in [5, 5.41) is 0. The van der Waals surface area contributed by atoms with E-state index in [1.54, 1.807) is 14.2 Å².